The van der Waals surface area contributed by atoms with Crippen molar-refractivity contribution in [3.63, 3.8) is 0 Å². The lowest BCUT2D eigenvalue weighted by atomic mass is 9.96. The number of piperidine rings is 1. The van der Waals surface area contributed by atoms with E-state index in [1.54, 1.807) is 17.0 Å². The van der Waals surface area contributed by atoms with E-state index in [0.717, 1.165) is 11.4 Å². The fourth-order valence-corrected chi connectivity index (χ4v) is 4.53. The summed E-state index contributed by atoms with van der Waals surface area (Å²) in [5, 5.41) is 12.7. The highest BCUT2D eigenvalue weighted by atomic mass is 32.1. The number of hydrogen-bond donors (Lipinski definition) is 1. The quantitative estimate of drug-likeness (QED) is 0.647. The van der Waals surface area contributed by atoms with Crippen molar-refractivity contribution in [1.82, 2.24) is 15.1 Å². The van der Waals surface area contributed by atoms with E-state index < -0.39 is 0 Å². The molecule has 0 bridgehead atoms. The van der Waals surface area contributed by atoms with Crippen molar-refractivity contribution < 1.29 is 14.0 Å². The smallest absolute Gasteiger partial charge is 0.289 e. The van der Waals surface area contributed by atoms with Gasteiger partial charge in [0.25, 0.3) is 5.91 Å². The predicted octanol–water partition coefficient (Wildman–Crippen LogP) is 3.97. The van der Waals surface area contributed by atoms with Crippen LogP contribution in [0.25, 0.3) is 0 Å². The molecule has 2 amide bonds. The van der Waals surface area contributed by atoms with Crippen molar-refractivity contribution >= 4 is 28.3 Å². The number of nitrogens with one attached hydrogen (secondary N) is 1. The van der Waals surface area contributed by atoms with Gasteiger partial charge in [-0.25, -0.2) is 0 Å². The maximum absolute atomic E-state index is 12.6. The molecule has 1 fully saturated rings. The number of nitrogens with zero attached hydrogens (tertiary/aromatic N) is 3. The van der Waals surface area contributed by atoms with Crippen molar-refractivity contribution in [2.24, 2.45) is 5.92 Å². The topological polar surface area (TPSA) is 88.3 Å². The third-order valence-electron chi connectivity index (χ3n) is 5.43. The molecule has 1 unspecified atom stereocenters. The summed E-state index contributed by atoms with van der Waals surface area (Å²) in [6.45, 7) is 3.23. The second-order valence-electron chi connectivity index (χ2n) is 7.55. The Morgan fingerprint density at radius 2 is 1.93 bits per heavy atom. The number of carbonyl (C=O) groups is 2. The number of hydrogen-bond acceptors (Lipinski definition) is 6. The van der Waals surface area contributed by atoms with E-state index in [2.05, 4.69) is 34.6 Å². The summed E-state index contributed by atoms with van der Waals surface area (Å²) in [4.78, 5) is 26.7. The molecule has 7 nitrogen and oxygen atoms in total. The molecule has 0 aliphatic carbocycles. The van der Waals surface area contributed by atoms with E-state index in [1.165, 1.54) is 23.2 Å². The molecule has 1 aliphatic heterocycles. The molecule has 3 heterocycles. The van der Waals surface area contributed by atoms with Gasteiger partial charge in [-0.15, -0.1) is 10.2 Å². The van der Waals surface area contributed by atoms with Gasteiger partial charge in [-0.1, -0.05) is 48.6 Å². The molecular weight excluding hydrogens is 400 g/mol. The average Bonchev–Trinajstić information content (AvgIpc) is 3.46. The number of amides is 2. The first-order valence-corrected chi connectivity index (χ1v) is 10.9. The zero-order chi connectivity index (χ0) is 20.9. The van der Waals surface area contributed by atoms with Gasteiger partial charge in [-0.2, -0.15) is 0 Å². The summed E-state index contributed by atoms with van der Waals surface area (Å²) in [6.07, 6.45) is 3.51. The van der Waals surface area contributed by atoms with Crippen LogP contribution in [-0.2, 0) is 11.2 Å². The van der Waals surface area contributed by atoms with Crippen LogP contribution in [0.2, 0.25) is 0 Å². The van der Waals surface area contributed by atoms with Gasteiger partial charge >= 0.3 is 0 Å². The molecule has 0 saturated carbocycles. The van der Waals surface area contributed by atoms with Crippen molar-refractivity contribution in [3.05, 3.63) is 65.1 Å². The number of likely N-dealkylation sites (tertiary alicyclic amines) is 1. The van der Waals surface area contributed by atoms with Gasteiger partial charge in [0, 0.05) is 25.4 Å². The van der Waals surface area contributed by atoms with E-state index in [1.807, 2.05) is 18.2 Å². The third kappa shape index (κ3) is 4.76. The molecule has 8 heteroatoms. The number of anilines is 1. The molecule has 1 atom stereocenters. The van der Waals surface area contributed by atoms with E-state index in [9.17, 15) is 9.59 Å². The van der Waals surface area contributed by atoms with Gasteiger partial charge in [-0.05, 0) is 36.5 Å². The second kappa shape index (κ2) is 9.21. The van der Waals surface area contributed by atoms with Gasteiger partial charge in [-0.3, -0.25) is 9.59 Å². The van der Waals surface area contributed by atoms with Gasteiger partial charge < -0.3 is 14.6 Å². The molecule has 4 rings (SSSR count). The Morgan fingerprint density at radius 3 is 2.63 bits per heavy atom. The molecule has 0 radical (unpaired) electrons. The molecule has 0 spiro atoms. The maximum Gasteiger partial charge on any atom is 0.289 e. The van der Waals surface area contributed by atoms with E-state index >= 15 is 0 Å². The number of furan rings is 1. The Bertz CT molecular complexity index is 979. The van der Waals surface area contributed by atoms with Crippen LogP contribution in [0.5, 0.6) is 0 Å². The minimum absolute atomic E-state index is 0.0566. The van der Waals surface area contributed by atoms with Crippen molar-refractivity contribution in [2.45, 2.75) is 32.1 Å². The highest BCUT2D eigenvalue weighted by molar-refractivity contribution is 7.15. The second-order valence-corrected chi connectivity index (χ2v) is 8.61. The van der Waals surface area contributed by atoms with Crippen LogP contribution in [-0.4, -0.2) is 40.0 Å². The molecule has 1 saturated heterocycles. The monoisotopic (exact) mass is 424 g/mol. The highest BCUT2D eigenvalue weighted by Crippen LogP contribution is 2.26. The first-order valence-electron chi connectivity index (χ1n) is 10.1. The van der Waals surface area contributed by atoms with Crippen molar-refractivity contribution in [3.8, 4) is 0 Å². The Labute approximate surface area is 179 Å². The molecule has 1 aromatic carbocycles. The minimum atomic E-state index is -0.138. The lowest BCUT2D eigenvalue weighted by molar-refractivity contribution is -0.121. The van der Waals surface area contributed by atoms with Gasteiger partial charge in [0.05, 0.1) is 6.26 Å². The number of aromatic nitrogens is 2. The molecule has 156 valence electrons. The first-order chi connectivity index (χ1) is 14.6. The van der Waals surface area contributed by atoms with E-state index in [0.29, 0.717) is 42.7 Å². The fourth-order valence-electron chi connectivity index (χ4n) is 3.66. The summed E-state index contributed by atoms with van der Waals surface area (Å²) in [5.74, 6) is 0.350. The molecular formula is C22H24N4O3S. The van der Waals surface area contributed by atoms with Gasteiger partial charge in [0.1, 0.15) is 5.01 Å². The van der Waals surface area contributed by atoms with Crippen LogP contribution in [0, 0.1) is 5.92 Å². The molecule has 1 N–H and O–H groups in total. The Morgan fingerprint density at radius 1 is 1.17 bits per heavy atom. The normalized spacial score (nSPS) is 15.7. The number of rotatable bonds is 6. The van der Waals surface area contributed by atoms with Crippen molar-refractivity contribution in [2.75, 3.05) is 18.4 Å². The summed E-state index contributed by atoms with van der Waals surface area (Å²) in [6, 6.07) is 13.6. The Balaban J connectivity index is 1.27. The average molecular weight is 425 g/mol. The summed E-state index contributed by atoms with van der Waals surface area (Å²) >= 11 is 1.42. The molecule has 1 aliphatic rings. The first kappa shape index (κ1) is 20.3. The number of benzene rings is 1. The largest absolute Gasteiger partial charge is 0.459 e. The molecule has 3 aromatic rings. The van der Waals surface area contributed by atoms with Crippen LogP contribution >= 0.6 is 11.3 Å². The van der Waals surface area contributed by atoms with Crippen LogP contribution in [0.4, 0.5) is 5.13 Å². The van der Waals surface area contributed by atoms with Gasteiger partial charge in [0.2, 0.25) is 11.0 Å². The summed E-state index contributed by atoms with van der Waals surface area (Å²) in [5.41, 5.74) is 1.26. The minimum Gasteiger partial charge on any atom is -0.459 e. The van der Waals surface area contributed by atoms with Crippen LogP contribution < -0.4 is 5.32 Å². The lowest BCUT2D eigenvalue weighted by Gasteiger charge is -2.30. The third-order valence-corrected chi connectivity index (χ3v) is 6.29. The van der Waals surface area contributed by atoms with Crippen molar-refractivity contribution in [1.29, 1.82) is 0 Å². The summed E-state index contributed by atoms with van der Waals surface area (Å²) in [7, 11) is 0. The summed E-state index contributed by atoms with van der Waals surface area (Å²) < 4.78 is 5.18. The van der Waals surface area contributed by atoms with Crippen LogP contribution in [0.3, 0.4) is 0 Å². The Kier molecular flexibility index (Phi) is 6.23. The lowest BCUT2D eigenvalue weighted by Crippen LogP contribution is -2.41. The van der Waals surface area contributed by atoms with E-state index in [4.69, 9.17) is 4.42 Å². The highest BCUT2D eigenvalue weighted by Gasteiger charge is 2.29. The standard InChI is InChI=1S/C22H24N4O3S/c1-15(16-6-3-2-4-7-16)14-19-24-25-22(30-19)23-20(27)17-9-11-26(12-10-17)21(28)18-8-5-13-29-18/h2-8,13,15,17H,9-12,14H2,1H3,(H,23,25,27). The zero-order valence-electron chi connectivity index (χ0n) is 16.8. The van der Waals surface area contributed by atoms with Crippen LogP contribution in [0.15, 0.2) is 53.1 Å². The maximum atomic E-state index is 12.6. The Hall–Kier alpha value is -3.00. The predicted molar refractivity (Wildman–Crippen MR) is 114 cm³/mol. The molecule has 2 aromatic heterocycles. The SMILES string of the molecule is CC(Cc1nnc(NC(=O)C2CCN(C(=O)c3ccco3)CC2)s1)c1ccccc1. The molecule has 30 heavy (non-hydrogen) atoms. The number of carbonyl (C=O) groups excluding carboxylic acids is 2. The fraction of sp³-hybridized carbons (Fsp3) is 0.364. The zero-order valence-corrected chi connectivity index (χ0v) is 17.6. The van der Waals surface area contributed by atoms with Gasteiger partial charge in [0.15, 0.2) is 5.76 Å². The van der Waals surface area contributed by atoms with Crippen LogP contribution in [0.1, 0.15) is 46.8 Å². The van der Waals surface area contributed by atoms with E-state index in [-0.39, 0.29) is 17.7 Å².